The molecule has 1 amide bonds. The molecule has 0 spiro atoms. The number of carbonyl (C=O) groups is 2. The van der Waals surface area contributed by atoms with Crippen molar-refractivity contribution in [2.75, 3.05) is 30.6 Å². The van der Waals surface area contributed by atoms with Crippen LogP contribution in [0, 0.1) is 0 Å². The monoisotopic (exact) mass is 382 g/mol. The van der Waals surface area contributed by atoms with Gasteiger partial charge in [-0.1, -0.05) is 18.2 Å². The summed E-state index contributed by atoms with van der Waals surface area (Å²) in [6.45, 7) is 0.264. The summed E-state index contributed by atoms with van der Waals surface area (Å²) in [5.41, 5.74) is 3.44. The summed E-state index contributed by atoms with van der Waals surface area (Å²) in [7, 11) is 3.49. The van der Waals surface area contributed by atoms with Crippen molar-refractivity contribution in [3.05, 3.63) is 47.5 Å². The number of hydrogen-bond donors (Lipinski definition) is 1. The van der Waals surface area contributed by atoms with Crippen molar-refractivity contribution in [2.24, 2.45) is 0 Å². The molecule has 0 saturated heterocycles. The molecule has 2 aromatic carbocycles. The van der Waals surface area contributed by atoms with Crippen LogP contribution in [0.5, 0.6) is 11.5 Å². The van der Waals surface area contributed by atoms with Gasteiger partial charge in [-0.3, -0.25) is 14.5 Å². The van der Waals surface area contributed by atoms with Crippen LogP contribution in [0.15, 0.2) is 36.4 Å². The van der Waals surface area contributed by atoms with E-state index >= 15 is 0 Å². The number of carboxylic acids is 1. The quantitative estimate of drug-likeness (QED) is 0.774. The number of amides is 1. The molecule has 0 radical (unpaired) electrons. The van der Waals surface area contributed by atoms with E-state index in [0.717, 1.165) is 23.4 Å². The smallest absolute Gasteiger partial charge is 0.303 e. The van der Waals surface area contributed by atoms with Crippen molar-refractivity contribution in [3.63, 3.8) is 0 Å². The predicted octanol–water partition coefficient (Wildman–Crippen LogP) is 2.92. The van der Waals surface area contributed by atoms with Crippen LogP contribution < -0.4 is 19.3 Å². The van der Waals surface area contributed by atoms with Crippen molar-refractivity contribution < 1.29 is 24.2 Å². The number of methoxy groups -OCH3 is 1. The van der Waals surface area contributed by atoms with Gasteiger partial charge in [0.2, 0.25) is 0 Å². The third-order valence-electron chi connectivity index (χ3n) is 5.30. The lowest BCUT2D eigenvalue weighted by Gasteiger charge is -2.40. The first-order chi connectivity index (χ1) is 13.5. The molecule has 2 heterocycles. The van der Waals surface area contributed by atoms with Crippen LogP contribution in [-0.2, 0) is 11.2 Å². The van der Waals surface area contributed by atoms with Crippen LogP contribution in [0.2, 0.25) is 0 Å². The number of nitrogens with zero attached hydrogens (tertiary/aromatic N) is 2. The molecule has 146 valence electrons. The zero-order valence-corrected chi connectivity index (χ0v) is 15.8. The van der Waals surface area contributed by atoms with Crippen LogP contribution in [0.25, 0.3) is 0 Å². The highest BCUT2D eigenvalue weighted by molar-refractivity contribution is 6.14. The van der Waals surface area contributed by atoms with Gasteiger partial charge in [-0.05, 0) is 24.1 Å². The molecule has 28 heavy (non-hydrogen) atoms. The molecule has 0 saturated carbocycles. The van der Waals surface area contributed by atoms with E-state index in [1.807, 2.05) is 36.2 Å². The number of para-hydroxylation sites is 1. The normalized spacial score (nSPS) is 17.1. The molecular weight excluding hydrogens is 360 g/mol. The first-order valence-corrected chi connectivity index (χ1v) is 9.22. The molecule has 0 unspecified atom stereocenters. The topological polar surface area (TPSA) is 79.3 Å². The highest BCUT2D eigenvalue weighted by Crippen LogP contribution is 2.44. The van der Waals surface area contributed by atoms with Gasteiger partial charge in [0.25, 0.3) is 5.91 Å². The van der Waals surface area contributed by atoms with Gasteiger partial charge in [-0.15, -0.1) is 0 Å². The van der Waals surface area contributed by atoms with E-state index in [1.165, 1.54) is 7.11 Å². The van der Waals surface area contributed by atoms with Crippen molar-refractivity contribution >= 4 is 23.3 Å². The van der Waals surface area contributed by atoms with Crippen LogP contribution >= 0.6 is 0 Å². The maximum atomic E-state index is 13.3. The highest BCUT2D eigenvalue weighted by atomic mass is 16.5. The van der Waals surface area contributed by atoms with Gasteiger partial charge in [-0.2, -0.15) is 0 Å². The van der Waals surface area contributed by atoms with Crippen molar-refractivity contribution in [2.45, 2.75) is 25.4 Å². The molecule has 0 fully saturated rings. The van der Waals surface area contributed by atoms with Crippen molar-refractivity contribution in [1.29, 1.82) is 0 Å². The summed E-state index contributed by atoms with van der Waals surface area (Å²) < 4.78 is 11.2. The van der Waals surface area contributed by atoms with Gasteiger partial charge >= 0.3 is 5.97 Å². The average molecular weight is 382 g/mol. The summed E-state index contributed by atoms with van der Waals surface area (Å²) in [6.07, 6.45) is 1.13. The standard InChI is InChI=1S/C21H22N2O5/c1-22-16-12-18(28-9-5-8-20(24)25)17(27-2)11-14(16)21(26)23-15-7-4-3-6-13(15)10-19(22)23/h3-4,6-7,11-12,19H,5,8-10H2,1-2H3,(H,24,25)/t19-/m0/s1. The van der Waals surface area contributed by atoms with Crippen LogP contribution in [0.3, 0.4) is 0 Å². The Kier molecular flexibility index (Phi) is 4.58. The van der Waals surface area contributed by atoms with Crippen LogP contribution in [0.1, 0.15) is 28.8 Å². The number of hydrogen-bond acceptors (Lipinski definition) is 5. The summed E-state index contributed by atoms with van der Waals surface area (Å²) in [4.78, 5) is 27.9. The number of anilines is 2. The molecular formula is C21H22N2O5. The fraction of sp³-hybridized carbons (Fsp3) is 0.333. The molecule has 2 aliphatic rings. The van der Waals surface area contributed by atoms with Crippen molar-refractivity contribution in [1.82, 2.24) is 0 Å². The van der Waals surface area contributed by atoms with E-state index in [1.54, 1.807) is 6.07 Å². The maximum Gasteiger partial charge on any atom is 0.303 e. The predicted molar refractivity (Wildman–Crippen MR) is 105 cm³/mol. The summed E-state index contributed by atoms with van der Waals surface area (Å²) in [5.74, 6) is 0.0583. The number of carboxylic acid groups (broad SMARTS) is 1. The second kappa shape index (κ2) is 7.07. The Morgan fingerprint density at radius 1 is 1.21 bits per heavy atom. The number of aliphatic carboxylic acids is 1. The van der Waals surface area contributed by atoms with Gasteiger partial charge in [0.1, 0.15) is 6.17 Å². The summed E-state index contributed by atoms with van der Waals surface area (Å²) >= 11 is 0. The third kappa shape index (κ3) is 2.93. The Labute approximate surface area is 163 Å². The van der Waals surface area contributed by atoms with Crippen LogP contribution in [-0.4, -0.2) is 43.9 Å². The SMILES string of the molecule is COc1cc2c(cc1OCCCC(=O)O)N(C)[C@@H]1Cc3ccccc3N1C2=O. The minimum absolute atomic E-state index is 0.0426. The molecule has 4 rings (SSSR count). The van der Waals surface area contributed by atoms with E-state index in [2.05, 4.69) is 11.0 Å². The van der Waals surface area contributed by atoms with Crippen LogP contribution in [0.4, 0.5) is 11.4 Å². The minimum Gasteiger partial charge on any atom is -0.493 e. The Morgan fingerprint density at radius 3 is 2.75 bits per heavy atom. The summed E-state index contributed by atoms with van der Waals surface area (Å²) in [6, 6.07) is 11.5. The molecule has 1 N–H and O–H groups in total. The molecule has 2 aromatic rings. The van der Waals surface area contributed by atoms with E-state index in [4.69, 9.17) is 14.6 Å². The zero-order chi connectivity index (χ0) is 19.8. The maximum absolute atomic E-state index is 13.3. The molecule has 2 aliphatic heterocycles. The zero-order valence-electron chi connectivity index (χ0n) is 15.8. The second-order valence-corrected chi connectivity index (χ2v) is 6.97. The molecule has 1 atom stereocenters. The van der Waals surface area contributed by atoms with Gasteiger partial charge in [0, 0.05) is 31.6 Å². The number of likely N-dealkylation sites (N-methyl/N-ethyl adjacent to an activating group) is 1. The molecule has 7 heteroatoms. The molecule has 0 bridgehead atoms. The number of rotatable bonds is 6. The van der Waals surface area contributed by atoms with Gasteiger partial charge < -0.3 is 19.5 Å². The number of benzene rings is 2. The van der Waals surface area contributed by atoms with E-state index in [-0.39, 0.29) is 25.1 Å². The second-order valence-electron chi connectivity index (χ2n) is 6.97. The van der Waals surface area contributed by atoms with E-state index in [9.17, 15) is 9.59 Å². The van der Waals surface area contributed by atoms with Gasteiger partial charge in [0.15, 0.2) is 11.5 Å². The molecule has 0 aromatic heterocycles. The molecule has 0 aliphatic carbocycles. The van der Waals surface area contributed by atoms with E-state index in [0.29, 0.717) is 23.5 Å². The van der Waals surface area contributed by atoms with Gasteiger partial charge in [0.05, 0.1) is 25.0 Å². The van der Waals surface area contributed by atoms with E-state index < -0.39 is 5.97 Å². The average Bonchev–Trinajstić information content (AvgIpc) is 3.08. The largest absolute Gasteiger partial charge is 0.493 e. The Morgan fingerprint density at radius 2 is 2.00 bits per heavy atom. The van der Waals surface area contributed by atoms with Crippen molar-refractivity contribution in [3.8, 4) is 11.5 Å². The Hall–Kier alpha value is -3.22. The highest BCUT2D eigenvalue weighted by Gasteiger charge is 2.42. The summed E-state index contributed by atoms with van der Waals surface area (Å²) in [5, 5.41) is 8.77. The Balaban J connectivity index is 1.66. The number of fused-ring (bicyclic) bond motifs is 4. The number of ether oxygens (including phenoxy) is 2. The lowest BCUT2D eigenvalue weighted by molar-refractivity contribution is -0.137. The first-order valence-electron chi connectivity index (χ1n) is 9.22. The Bertz CT molecular complexity index is 942. The lowest BCUT2D eigenvalue weighted by Crippen LogP contribution is -2.52. The minimum atomic E-state index is -0.854. The van der Waals surface area contributed by atoms with Gasteiger partial charge in [-0.25, -0.2) is 0 Å². The fourth-order valence-corrected chi connectivity index (χ4v) is 3.90. The first kappa shape index (κ1) is 18.2. The molecule has 7 nitrogen and oxygen atoms in total. The lowest BCUT2D eigenvalue weighted by atomic mass is 10.0. The fourth-order valence-electron chi connectivity index (χ4n) is 3.90. The third-order valence-corrected chi connectivity index (χ3v) is 5.30. The number of carbonyl (C=O) groups excluding carboxylic acids is 1.